The van der Waals surface area contributed by atoms with Crippen LogP contribution in [-0.4, -0.2) is 120 Å². The maximum atomic E-state index is 15.8. The molecule has 3 aliphatic carbocycles. The van der Waals surface area contributed by atoms with Crippen LogP contribution in [0.5, 0.6) is 0 Å². The number of esters is 4. The van der Waals surface area contributed by atoms with E-state index in [1.165, 1.54) is 19.1 Å². The molecule has 1 amide bonds. The lowest BCUT2D eigenvalue weighted by atomic mass is 9.44. The molecule has 4 N–H and O–H groups in total. The monoisotopic (exact) mass is 983 g/mol. The lowest BCUT2D eigenvalue weighted by Gasteiger charge is -2.68. The first-order valence-electron chi connectivity index (χ1n) is 23.5. The van der Waals surface area contributed by atoms with E-state index < -0.39 is 139 Å². The van der Waals surface area contributed by atoms with E-state index in [0.29, 0.717) is 11.1 Å². The maximum Gasteiger partial charge on any atom is 0.338 e. The number of rotatable bonds is 12. The molecule has 16 nitrogen and oxygen atoms in total. The number of Topliss-reactive ketones (excluding diaryl/α,β-unsaturated/α-hetero) is 1. The van der Waals surface area contributed by atoms with Gasteiger partial charge in [-0.2, -0.15) is 0 Å². The lowest BCUT2D eigenvalue weighted by Crippen LogP contribution is -2.85. The van der Waals surface area contributed by atoms with E-state index in [4.69, 9.17) is 28.1 Å². The Kier molecular flexibility index (Phi) is 14.1. The smallest absolute Gasteiger partial charge is 0.338 e. The molecule has 4 aliphatic rings. The minimum absolute atomic E-state index is 0.0336. The second kappa shape index (κ2) is 18.9. The summed E-state index contributed by atoms with van der Waals surface area (Å²) in [5.74, 6) is -6.96. The number of carbonyl (C=O) groups is 6. The quantitative estimate of drug-likeness (QED) is 0.0735. The molecule has 3 aromatic carbocycles. The zero-order valence-electron chi connectivity index (χ0n) is 41.5. The normalized spacial score (nSPS) is 31.2. The second-order valence-corrected chi connectivity index (χ2v) is 26.1. The Morgan fingerprint density at radius 3 is 1.89 bits per heavy atom. The molecule has 1 unspecified atom stereocenters. The first-order chi connectivity index (χ1) is 32.6. The van der Waals surface area contributed by atoms with E-state index in [1.807, 2.05) is 33.9 Å². The predicted molar refractivity (Wildman–Crippen MR) is 255 cm³/mol. The molecule has 376 valence electrons. The fourth-order valence-corrected chi connectivity index (χ4v) is 12.1. The van der Waals surface area contributed by atoms with E-state index in [-0.39, 0.29) is 16.7 Å². The van der Waals surface area contributed by atoms with Gasteiger partial charge >= 0.3 is 23.9 Å². The molecule has 0 radical (unpaired) electrons. The van der Waals surface area contributed by atoms with E-state index in [9.17, 15) is 34.5 Å². The van der Waals surface area contributed by atoms with Crippen molar-refractivity contribution in [3.63, 3.8) is 0 Å². The molecule has 0 aromatic heterocycles. The van der Waals surface area contributed by atoms with Gasteiger partial charge in [-0.05, 0) is 73.0 Å². The summed E-state index contributed by atoms with van der Waals surface area (Å²) in [6.07, 6.45) is -12.8. The Labute approximate surface area is 409 Å². The van der Waals surface area contributed by atoms with E-state index >= 15 is 9.59 Å². The molecule has 7 rings (SSSR count). The highest BCUT2D eigenvalue weighted by Crippen LogP contribution is 2.64. The number of aliphatic hydroxyl groups excluding tert-OH is 2. The fraction of sp³-hybridized carbons (Fsp3) is 0.509. The third-order valence-electron chi connectivity index (χ3n) is 15.7. The van der Waals surface area contributed by atoms with Crippen LogP contribution in [-0.2, 0) is 47.3 Å². The van der Waals surface area contributed by atoms with Crippen LogP contribution in [0.2, 0.25) is 18.1 Å². The third kappa shape index (κ3) is 8.82. The summed E-state index contributed by atoms with van der Waals surface area (Å²) in [6, 6.07) is 23.9. The van der Waals surface area contributed by atoms with E-state index in [2.05, 4.69) is 5.32 Å². The van der Waals surface area contributed by atoms with Gasteiger partial charge in [0.25, 0.3) is 5.91 Å². The van der Waals surface area contributed by atoms with Crippen molar-refractivity contribution in [2.75, 3.05) is 6.61 Å². The average molecular weight is 984 g/mol. The van der Waals surface area contributed by atoms with Crippen molar-refractivity contribution >= 4 is 43.9 Å². The number of fused-ring (bicyclic) bond motifs is 5. The van der Waals surface area contributed by atoms with Crippen molar-refractivity contribution in [1.29, 1.82) is 0 Å². The highest BCUT2D eigenvalue weighted by atomic mass is 28.4. The molecule has 70 heavy (non-hydrogen) atoms. The number of benzene rings is 3. The van der Waals surface area contributed by atoms with E-state index in [1.54, 1.807) is 99.6 Å². The van der Waals surface area contributed by atoms with Gasteiger partial charge in [-0.3, -0.25) is 19.2 Å². The summed E-state index contributed by atoms with van der Waals surface area (Å²) in [4.78, 5) is 86.3. The molecule has 3 aromatic rings. The average Bonchev–Trinajstić information content (AvgIpc) is 3.29. The largest absolute Gasteiger partial charge is 0.456 e. The number of hydrogen-bond acceptors (Lipinski definition) is 15. The predicted octanol–water partition coefficient (Wildman–Crippen LogP) is 5.74. The van der Waals surface area contributed by atoms with Gasteiger partial charge in [0.15, 0.2) is 31.9 Å². The first-order valence-corrected chi connectivity index (χ1v) is 26.4. The number of aliphatic hydroxyl groups is 3. The van der Waals surface area contributed by atoms with Crippen LogP contribution in [0.15, 0.2) is 102 Å². The topological polar surface area (TPSA) is 231 Å². The molecule has 3 fully saturated rings. The highest BCUT2D eigenvalue weighted by molar-refractivity contribution is 6.74. The molecular formula is C53H65NO15Si. The molecule has 1 aliphatic heterocycles. The van der Waals surface area contributed by atoms with Gasteiger partial charge < -0.3 is 48.7 Å². The van der Waals surface area contributed by atoms with Crippen molar-refractivity contribution in [1.82, 2.24) is 5.32 Å². The molecule has 1 saturated heterocycles. The van der Waals surface area contributed by atoms with Crippen LogP contribution >= 0.6 is 0 Å². The summed E-state index contributed by atoms with van der Waals surface area (Å²) < 4.78 is 37.8. The Bertz CT molecular complexity index is 2540. The number of hydrogen-bond donors (Lipinski definition) is 4. The van der Waals surface area contributed by atoms with Crippen molar-refractivity contribution in [2.24, 2.45) is 16.7 Å². The lowest BCUT2D eigenvalue weighted by molar-refractivity contribution is -0.369. The number of ketones is 1. The van der Waals surface area contributed by atoms with Crippen LogP contribution in [0.1, 0.15) is 101 Å². The second-order valence-electron chi connectivity index (χ2n) is 21.3. The van der Waals surface area contributed by atoms with Crippen molar-refractivity contribution in [2.45, 2.75) is 147 Å². The molecule has 12 atom stereocenters. The van der Waals surface area contributed by atoms with E-state index in [0.717, 1.165) is 13.8 Å². The number of nitrogens with one attached hydrogen (secondary N) is 1. The van der Waals surface area contributed by atoms with Gasteiger partial charge in [-0.15, -0.1) is 0 Å². The molecule has 2 bridgehead atoms. The van der Waals surface area contributed by atoms with Crippen LogP contribution in [0.3, 0.4) is 0 Å². The van der Waals surface area contributed by atoms with Crippen molar-refractivity contribution in [3.05, 3.63) is 119 Å². The Morgan fingerprint density at radius 1 is 0.814 bits per heavy atom. The minimum atomic E-state index is -2.96. The van der Waals surface area contributed by atoms with Crippen LogP contribution in [0.4, 0.5) is 0 Å². The highest BCUT2D eigenvalue weighted by Gasteiger charge is 2.80. The zero-order chi connectivity index (χ0) is 51.5. The maximum absolute atomic E-state index is 15.8. The number of carbonyl (C=O) groups excluding carboxylic acids is 6. The summed E-state index contributed by atoms with van der Waals surface area (Å²) in [7, 11) is -2.96. The Morgan fingerprint density at radius 2 is 1.37 bits per heavy atom. The molecule has 17 heteroatoms. The van der Waals surface area contributed by atoms with Crippen molar-refractivity contribution in [3.8, 4) is 0 Å². The number of ether oxygens (including phenoxy) is 5. The zero-order valence-corrected chi connectivity index (χ0v) is 42.5. The molecular weight excluding hydrogens is 919 g/mol. The standard InChI is InChI=1S/C53H65NO15Si/c1-29-35(66-48(62)40(69-70(10,11)49(4,5)6)37(32-21-15-12-16-22-32)54-46(60)33-23-17-13-18-24-33)27-53(63)45(67-47(61)34-25-19-14-20-26-34)41-51(9,43(59)39(65-30(2)55)36(29)50(53,7)8)42(58)38(57)44-52(41,28-64-44)68-31(3)56/h12-26,35,37-42,44-45,57-58,63H,27-28H2,1-11H3,(H,54,60)/t35-,37-,38-,39+,40+,41?,42-,44+,45-,51-,52+,53+/m0/s1. The van der Waals surface area contributed by atoms with Gasteiger partial charge in [0, 0.05) is 31.2 Å². The van der Waals surface area contributed by atoms with Gasteiger partial charge in [0.2, 0.25) is 0 Å². The SMILES string of the molecule is CC(=O)O[C@H]1C(=O)[C@@]2(C)C([C@H](OC(=O)c3ccccc3)[C@]3(O)C[C@H](OC(=O)[C@H](O[Si](C)(C)C(C)(C)C)[C@@H](NC(=O)c4ccccc4)c4ccccc4)C(C)=C1C3(C)C)[C@]1(OC(C)=O)CO[C@@H]1[C@@H](O)[C@@H]2O. The van der Waals surface area contributed by atoms with Crippen LogP contribution < -0.4 is 5.32 Å². The Balaban J connectivity index is 1.46. The first kappa shape index (κ1) is 52.3. The van der Waals surface area contributed by atoms with Gasteiger partial charge in [0.05, 0.1) is 35.6 Å². The molecule has 0 spiro atoms. The summed E-state index contributed by atoms with van der Waals surface area (Å²) in [6.45, 7) is 17.5. The Hall–Kier alpha value is -5.56. The van der Waals surface area contributed by atoms with Gasteiger partial charge in [-0.1, -0.05) is 101 Å². The number of amides is 1. The third-order valence-corrected chi connectivity index (χ3v) is 20.2. The molecule has 2 saturated carbocycles. The van der Waals surface area contributed by atoms with Crippen LogP contribution in [0, 0.1) is 16.7 Å². The summed E-state index contributed by atoms with van der Waals surface area (Å²) >= 11 is 0. The van der Waals surface area contributed by atoms with Crippen LogP contribution in [0.25, 0.3) is 0 Å². The molecule has 1 heterocycles. The fourth-order valence-electron chi connectivity index (χ4n) is 10.9. The van der Waals surface area contributed by atoms with Gasteiger partial charge in [0.1, 0.15) is 30.0 Å². The summed E-state index contributed by atoms with van der Waals surface area (Å²) in [5.41, 5.74) is -7.54. The van der Waals surface area contributed by atoms with Gasteiger partial charge in [-0.25, -0.2) is 9.59 Å². The minimum Gasteiger partial charge on any atom is -0.456 e. The van der Waals surface area contributed by atoms with Crippen molar-refractivity contribution < 1.29 is 72.2 Å². The summed E-state index contributed by atoms with van der Waals surface area (Å²) in [5, 5.41) is 40.5.